The summed E-state index contributed by atoms with van der Waals surface area (Å²) < 4.78 is 0.742. The number of hydrogen-bond acceptors (Lipinski definition) is 4. The number of pyridine rings is 1. The van der Waals surface area contributed by atoms with Crippen molar-refractivity contribution in [3.8, 4) is 0 Å². The molecule has 94 valence electrons. The number of carbonyl (C=O) groups is 1. The Balaban J connectivity index is 2.90. The second-order valence-electron chi connectivity index (χ2n) is 3.68. The van der Waals surface area contributed by atoms with Gasteiger partial charge in [0.2, 0.25) is 0 Å². The molecule has 6 heteroatoms. The number of carbonyl (C=O) groups excluding carboxylic acids is 1. The van der Waals surface area contributed by atoms with Crippen molar-refractivity contribution in [2.45, 2.75) is 32.7 Å². The predicted octanol–water partition coefficient (Wildman–Crippen LogP) is 2.05. The molecule has 0 atom stereocenters. The van der Waals surface area contributed by atoms with Gasteiger partial charge in [-0.05, 0) is 34.8 Å². The Morgan fingerprint density at radius 1 is 1.53 bits per heavy atom. The fourth-order valence-corrected chi connectivity index (χ4v) is 1.81. The van der Waals surface area contributed by atoms with Gasteiger partial charge in [-0.15, -0.1) is 0 Å². The number of hydrazine groups is 1. The number of nitrogens with one attached hydrogen (secondary N) is 2. The largest absolute Gasteiger partial charge is 0.349 e. The third-order valence-electron chi connectivity index (χ3n) is 2.56. The molecule has 5 nitrogen and oxygen atoms in total. The molecule has 0 spiro atoms. The van der Waals surface area contributed by atoms with Gasteiger partial charge in [0.25, 0.3) is 5.91 Å². The zero-order chi connectivity index (χ0) is 12.8. The zero-order valence-corrected chi connectivity index (χ0v) is 11.5. The van der Waals surface area contributed by atoms with E-state index in [0.717, 1.165) is 17.3 Å². The van der Waals surface area contributed by atoms with Gasteiger partial charge in [-0.1, -0.05) is 13.8 Å². The van der Waals surface area contributed by atoms with Crippen molar-refractivity contribution in [3.63, 3.8) is 0 Å². The van der Waals surface area contributed by atoms with Gasteiger partial charge >= 0.3 is 0 Å². The number of hydrogen-bond donors (Lipinski definition) is 3. The highest BCUT2D eigenvalue weighted by molar-refractivity contribution is 9.10. The third kappa shape index (κ3) is 3.67. The first-order valence-corrected chi connectivity index (χ1v) is 6.34. The summed E-state index contributed by atoms with van der Waals surface area (Å²) in [5.41, 5.74) is 2.86. The summed E-state index contributed by atoms with van der Waals surface area (Å²) in [6.45, 7) is 4.07. The van der Waals surface area contributed by atoms with E-state index in [4.69, 9.17) is 5.84 Å². The maximum absolute atomic E-state index is 12.0. The van der Waals surface area contributed by atoms with E-state index < -0.39 is 0 Å². The molecule has 0 radical (unpaired) electrons. The molecular weight excluding hydrogens is 284 g/mol. The smallest absolute Gasteiger partial charge is 0.255 e. The molecule has 1 amide bonds. The summed E-state index contributed by atoms with van der Waals surface area (Å²) in [6, 6.07) is 1.87. The van der Waals surface area contributed by atoms with Crippen molar-refractivity contribution in [3.05, 3.63) is 22.3 Å². The number of nitrogens with zero attached hydrogens (tertiary/aromatic N) is 1. The minimum absolute atomic E-state index is 0.166. The number of halogens is 1. The lowest BCUT2D eigenvalue weighted by Crippen LogP contribution is -2.34. The van der Waals surface area contributed by atoms with Crippen LogP contribution in [-0.4, -0.2) is 16.9 Å². The van der Waals surface area contributed by atoms with Crippen molar-refractivity contribution < 1.29 is 4.79 Å². The molecule has 1 aromatic heterocycles. The van der Waals surface area contributed by atoms with Gasteiger partial charge in [-0.25, -0.2) is 10.8 Å². The van der Waals surface area contributed by atoms with Gasteiger partial charge in [0.05, 0.1) is 5.56 Å². The molecule has 0 aliphatic heterocycles. The Morgan fingerprint density at radius 2 is 2.18 bits per heavy atom. The summed E-state index contributed by atoms with van der Waals surface area (Å²) in [4.78, 5) is 16.1. The highest BCUT2D eigenvalue weighted by Gasteiger charge is 2.15. The van der Waals surface area contributed by atoms with Gasteiger partial charge < -0.3 is 10.7 Å². The average Bonchev–Trinajstić information content (AvgIpc) is 2.35. The maximum Gasteiger partial charge on any atom is 0.255 e. The summed E-state index contributed by atoms with van der Waals surface area (Å²) in [5.74, 6) is 5.53. The number of nitrogen functional groups attached to an aromatic ring is 1. The van der Waals surface area contributed by atoms with Crippen LogP contribution in [0.4, 0.5) is 5.82 Å². The van der Waals surface area contributed by atoms with Crippen molar-refractivity contribution in [2.24, 2.45) is 5.84 Å². The number of rotatable bonds is 5. The molecule has 0 aromatic carbocycles. The monoisotopic (exact) mass is 300 g/mol. The molecule has 0 bridgehead atoms. The molecule has 1 aromatic rings. The minimum atomic E-state index is -0.166. The molecule has 1 heterocycles. The first-order chi connectivity index (χ1) is 8.12. The van der Waals surface area contributed by atoms with E-state index in [-0.39, 0.29) is 11.9 Å². The van der Waals surface area contributed by atoms with E-state index in [0.29, 0.717) is 11.4 Å². The van der Waals surface area contributed by atoms with E-state index >= 15 is 0 Å². The molecule has 0 saturated carbocycles. The highest BCUT2D eigenvalue weighted by atomic mass is 79.9. The van der Waals surface area contributed by atoms with Crippen molar-refractivity contribution in [2.75, 3.05) is 5.43 Å². The van der Waals surface area contributed by atoms with Crippen LogP contribution in [0, 0.1) is 0 Å². The van der Waals surface area contributed by atoms with Crippen LogP contribution in [0.3, 0.4) is 0 Å². The lowest BCUT2D eigenvalue weighted by molar-refractivity contribution is 0.0935. The van der Waals surface area contributed by atoms with Crippen LogP contribution in [0.2, 0.25) is 0 Å². The molecule has 0 fully saturated rings. The number of anilines is 1. The number of amides is 1. The quantitative estimate of drug-likeness (QED) is 0.574. The lowest BCUT2D eigenvalue weighted by Gasteiger charge is -2.16. The van der Waals surface area contributed by atoms with Crippen LogP contribution in [0.1, 0.15) is 37.0 Å². The molecule has 0 unspecified atom stereocenters. The van der Waals surface area contributed by atoms with Crippen LogP contribution < -0.4 is 16.6 Å². The fraction of sp³-hybridized carbons (Fsp3) is 0.455. The standard InChI is InChI=1S/C11H17BrN4O/c1-3-8(4-2)15-11(17)9-5-7(12)6-14-10(9)16-13/h5-6,8H,3-4,13H2,1-2H3,(H,14,16)(H,15,17). The Hall–Kier alpha value is -1.14. The predicted molar refractivity (Wildman–Crippen MR) is 71.6 cm³/mol. The van der Waals surface area contributed by atoms with E-state index in [1.807, 2.05) is 13.8 Å². The Bertz CT molecular complexity index is 393. The van der Waals surface area contributed by atoms with Crippen LogP contribution in [0.5, 0.6) is 0 Å². The minimum Gasteiger partial charge on any atom is -0.349 e. The fourth-order valence-electron chi connectivity index (χ4n) is 1.48. The van der Waals surface area contributed by atoms with Crippen LogP contribution in [-0.2, 0) is 0 Å². The average molecular weight is 301 g/mol. The van der Waals surface area contributed by atoms with Gasteiger partial charge in [0.15, 0.2) is 5.82 Å². The van der Waals surface area contributed by atoms with Crippen molar-refractivity contribution in [1.82, 2.24) is 10.3 Å². The third-order valence-corrected chi connectivity index (χ3v) is 2.99. The van der Waals surface area contributed by atoms with Crippen LogP contribution >= 0.6 is 15.9 Å². The summed E-state index contributed by atoms with van der Waals surface area (Å²) in [6.07, 6.45) is 3.38. The SMILES string of the molecule is CCC(CC)NC(=O)c1cc(Br)cnc1NN. The Labute approximate surface area is 109 Å². The van der Waals surface area contributed by atoms with Gasteiger partial charge in [-0.3, -0.25) is 4.79 Å². The van der Waals surface area contributed by atoms with Crippen molar-refractivity contribution >= 4 is 27.7 Å². The number of nitrogens with two attached hydrogens (primary N) is 1. The highest BCUT2D eigenvalue weighted by Crippen LogP contribution is 2.17. The second kappa shape index (κ2) is 6.56. The summed E-state index contributed by atoms with van der Waals surface area (Å²) in [7, 11) is 0. The Morgan fingerprint density at radius 3 is 2.71 bits per heavy atom. The molecular formula is C11H17BrN4O. The normalized spacial score (nSPS) is 10.4. The Kier molecular flexibility index (Phi) is 5.37. The summed E-state index contributed by atoms with van der Waals surface area (Å²) >= 11 is 3.28. The first-order valence-electron chi connectivity index (χ1n) is 5.55. The molecule has 0 saturated heterocycles. The molecule has 17 heavy (non-hydrogen) atoms. The van der Waals surface area contributed by atoms with E-state index in [9.17, 15) is 4.79 Å². The first kappa shape index (κ1) is 13.9. The molecule has 0 aliphatic carbocycles. The zero-order valence-electron chi connectivity index (χ0n) is 9.96. The maximum atomic E-state index is 12.0. The second-order valence-corrected chi connectivity index (χ2v) is 4.60. The van der Waals surface area contributed by atoms with Crippen molar-refractivity contribution in [1.29, 1.82) is 0 Å². The van der Waals surface area contributed by atoms with Gasteiger partial charge in [-0.2, -0.15) is 0 Å². The van der Waals surface area contributed by atoms with E-state index in [1.165, 1.54) is 0 Å². The summed E-state index contributed by atoms with van der Waals surface area (Å²) in [5, 5.41) is 2.94. The van der Waals surface area contributed by atoms with Gasteiger partial charge in [0.1, 0.15) is 0 Å². The number of aromatic nitrogens is 1. The topological polar surface area (TPSA) is 80.0 Å². The van der Waals surface area contributed by atoms with Gasteiger partial charge in [0, 0.05) is 16.7 Å². The molecule has 4 N–H and O–H groups in total. The molecule has 0 aliphatic rings. The van der Waals surface area contributed by atoms with Crippen LogP contribution in [0.25, 0.3) is 0 Å². The van der Waals surface area contributed by atoms with E-state index in [2.05, 4.69) is 31.7 Å². The van der Waals surface area contributed by atoms with E-state index in [1.54, 1.807) is 12.3 Å². The molecule has 1 rings (SSSR count). The lowest BCUT2D eigenvalue weighted by atomic mass is 10.1. The van der Waals surface area contributed by atoms with Crippen LogP contribution in [0.15, 0.2) is 16.7 Å².